The first kappa shape index (κ1) is 17.7. The summed E-state index contributed by atoms with van der Waals surface area (Å²) >= 11 is 0. The molecule has 0 saturated carbocycles. The van der Waals surface area contributed by atoms with E-state index in [0.29, 0.717) is 12.1 Å². The minimum Gasteiger partial charge on any atom is -0.312 e. The van der Waals surface area contributed by atoms with E-state index in [9.17, 15) is 14.4 Å². The zero-order valence-electron chi connectivity index (χ0n) is 14.8. The summed E-state index contributed by atoms with van der Waals surface area (Å²) in [7, 11) is 0. The van der Waals surface area contributed by atoms with Gasteiger partial charge in [-0.2, -0.15) is 0 Å². The average molecular weight is 351 g/mol. The molecule has 1 aliphatic rings. The number of anilines is 1. The average Bonchev–Trinajstić information content (AvgIpc) is 3.04. The molecule has 2 aromatic carbocycles. The number of hydrogen-bond donors (Lipinski definition) is 2. The van der Waals surface area contributed by atoms with Crippen molar-refractivity contribution in [1.29, 1.82) is 0 Å². The van der Waals surface area contributed by atoms with E-state index >= 15 is 0 Å². The van der Waals surface area contributed by atoms with Crippen LogP contribution in [-0.4, -0.2) is 24.3 Å². The number of nitrogens with zero attached hydrogens (tertiary/aromatic N) is 1. The summed E-state index contributed by atoms with van der Waals surface area (Å²) in [5, 5.41) is 0. The Hall–Kier alpha value is -3.15. The van der Waals surface area contributed by atoms with Crippen LogP contribution in [0.25, 0.3) is 0 Å². The molecule has 3 rings (SSSR count). The minimum atomic E-state index is -0.500. The molecule has 6 nitrogen and oxygen atoms in total. The number of nitrogens with one attached hydrogen (secondary N) is 2. The molecule has 1 fully saturated rings. The van der Waals surface area contributed by atoms with Crippen molar-refractivity contribution in [3.8, 4) is 0 Å². The van der Waals surface area contributed by atoms with Crippen molar-refractivity contribution in [3.05, 3.63) is 65.2 Å². The lowest BCUT2D eigenvalue weighted by molar-refractivity contribution is -0.126. The van der Waals surface area contributed by atoms with E-state index < -0.39 is 11.8 Å². The molecule has 1 heterocycles. The molecule has 0 unspecified atom stereocenters. The maximum Gasteiger partial charge on any atom is 0.269 e. The highest BCUT2D eigenvalue weighted by Gasteiger charge is 2.35. The van der Waals surface area contributed by atoms with Gasteiger partial charge in [0.2, 0.25) is 11.8 Å². The number of carbonyl (C=O) groups is 3. The first-order valence-electron chi connectivity index (χ1n) is 8.48. The molecule has 0 spiro atoms. The second kappa shape index (κ2) is 7.39. The second-order valence-corrected chi connectivity index (χ2v) is 6.48. The highest BCUT2D eigenvalue weighted by Crippen LogP contribution is 2.26. The van der Waals surface area contributed by atoms with Crippen LogP contribution in [0.5, 0.6) is 0 Å². The Morgan fingerprint density at radius 3 is 2.42 bits per heavy atom. The van der Waals surface area contributed by atoms with Crippen molar-refractivity contribution in [3.63, 3.8) is 0 Å². The molecule has 0 bridgehead atoms. The molecule has 0 radical (unpaired) electrons. The molecule has 1 atom stereocenters. The maximum atomic E-state index is 12.3. The number of aryl methyl sites for hydroxylation is 2. The Bertz CT molecular complexity index is 849. The maximum absolute atomic E-state index is 12.3. The molecule has 0 aliphatic carbocycles. The third-order valence-corrected chi connectivity index (χ3v) is 4.63. The van der Waals surface area contributed by atoms with Gasteiger partial charge in [0.25, 0.3) is 5.91 Å². The van der Waals surface area contributed by atoms with Crippen LogP contribution in [0.3, 0.4) is 0 Å². The summed E-state index contributed by atoms with van der Waals surface area (Å²) < 4.78 is 0. The predicted octanol–water partition coefficient (Wildman–Crippen LogP) is 2.12. The smallest absolute Gasteiger partial charge is 0.269 e. The third kappa shape index (κ3) is 3.74. The molecular weight excluding hydrogens is 330 g/mol. The van der Waals surface area contributed by atoms with Crippen LogP contribution in [-0.2, 0) is 9.59 Å². The van der Waals surface area contributed by atoms with E-state index in [2.05, 4.69) is 10.9 Å². The quantitative estimate of drug-likeness (QED) is 0.832. The summed E-state index contributed by atoms with van der Waals surface area (Å²) in [5.74, 6) is -1.36. The fourth-order valence-electron chi connectivity index (χ4n) is 2.91. The van der Waals surface area contributed by atoms with E-state index in [1.807, 2.05) is 32.0 Å². The van der Waals surface area contributed by atoms with Gasteiger partial charge in [0, 0.05) is 24.2 Å². The van der Waals surface area contributed by atoms with Gasteiger partial charge in [-0.15, -0.1) is 0 Å². The summed E-state index contributed by atoms with van der Waals surface area (Å²) in [6.07, 6.45) is 0.125. The topological polar surface area (TPSA) is 78.5 Å². The van der Waals surface area contributed by atoms with Crippen LogP contribution in [0.2, 0.25) is 0 Å². The number of hydrogen-bond acceptors (Lipinski definition) is 3. The van der Waals surface area contributed by atoms with E-state index in [1.165, 1.54) is 0 Å². The number of benzene rings is 2. The van der Waals surface area contributed by atoms with E-state index in [-0.39, 0.29) is 18.2 Å². The fourth-order valence-corrected chi connectivity index (χ4v) is 2.91. The van der Waals surface area contributed by atoms with Gasteiger partial charge in [-0.25, -0.2) is 0 Å². The van der Waals surface area contributed by atoms with Crippen LogP contribution in [0, 0.1) is 19.8 Å². The largest absolute Gasteiger partial charge is 0.312 e. The van der Waals surface area contributed by atoms with E-state index in [1.54, 1.807) is 35.2 Å². The van der Waals surface area contributed by atoms with Gasteiger partial charge in [-0.1, -0.05) is 24.3 Å². The van der Waals surface area contributed by atoms with Crippen LogP contribution < -0.4 is 15.8 Å². The van der Waals surface area contributed by atoms with Gasteiger partial charge >= 0.3 is 0 Å². The van der Waals surface area contributed by atoms with Crippen molar-refractivity contribution in [2.75, 3.05) is 11.4 Å². The number of carbonyl (C=O) groups excluding carboxylic acids is 3. The van der Waals surface area contributed by atoms with Crippen molar-refractivity contribution in [2.45, 2.75) is 20.3 Å². The zero-order valence-corrected chi connectivity index (χ0v) is 14.8. The van der Waals surface area contributed by atoms with Crippen molar-refractivity contribution >= 4 is 23.4 Å². The van der Waals surface area contributed by atoms with Gasteiger partial charge in [-0.05, 0) is 49.2 Å². The zero-order chi connectivity index (χ0) is 18.7. The Balaban J connectivity index is 1.60. The molecule has 134 valence electrons. The van der Waals surface area contributed by atoms with Crippen molar-refractivity contribution in [1.82, 2.24) is 10.9 Å². The van der Waals surface area contributed by atoms with Crippen LogP contribution in [0.1, 0.15) is 27.9 Å². The molecule has 2 N–H and O–H groups in total. The highest BCUT2D eigenvalue weighted by atomic mass is 16.2. The Morgan fingerprint density at radius 1 is 1.00 bits per heavy atom. The lowest BCUT2D eigenvalue weighted by atomic mass is 10.1. The molecule has 2 aromatic rings. The van der Waals surface area contributed by atoms with Gasteiger partial charge in [0.1, 0.15) is 0 Å². The molecule has 0 aromatic heterocycles. The summed E-state index contributed by atoms with van der Waals surface area (Å²) in [5.41, 5.74) is 8.30. The first-order valence-corrected chi connectivity index (χ1v) is 8.48. The Morgan fingerprint density at radius 2 is 1.73 bits per heavy atom. The lowest BCUT2D eigenvalue weighted by Crippen LogP contribution is -2.45. The normalized spacial score (nSPS) is 16.5. The number of hydrazine groups is 1. The van der Waals surface area contributed by atoms with Gasteiger partial charge in [0.05, 0.1) is 5.92 Å². The molecule has 1 aliphatic heterocycles. The summed E-state index contributed by atoms with van der Waals surface area (Å²) in [4.78, 5) is 38.2. The summed E-state index contributed by atoms with van der Waals surface area (Å²) in [6, 6.07) is 14.4. The van der Waals surface area contributed by atoms with Gasteiger partial charge < -0.3 is 4.90 Å². The van der Waals surface area contributed by atoms with Gasteiger partial charge in [-0.3, -0.25) is 25.2 Å². The summed E-state index contributed by atoms with van der Waals surface area (Å²) in [6.45, 7) is 4.30. The van der Waals surface area contributed by atoms with Crippen LogP contribution >= 0.6 is 0 Å². The van der Waals surface area contributed by atoms with Crippen molar-refractivity contribution < 1.29 is 14.4 Å². The van der Waals surface area contributed by atoms with Gasteiger partial charge in [0.15, 0.2) is 0 Å². The second-order valence-electron chi connectivity index (χ2n) is 6.48. The molecular formula is C20H21N3O3. The van der Waals surface area contributed by atoms with Crippen molar-refractivity contribution in [2.24, 2.45) is 5.92 Å². The standard InChI is InChI=1S/C20H21N3O3/c1-13-8-9-17(10-14(13)2)23-12-16(11-18(23)24)20(26)22-21-19(25)15-6-4-3-5-7-15/h3-10,16H,11-12H2,1-2H3,(H,21,25)(H,22,26)/t16-/m1/s1. The number of rotatable bonds is 3. The molecule has 26 heavy (non-hydrogen) atoms. The third-order valence-electron chi connectivity index (χ3n) is 4.63. The fraction of sp³-hybridized carbons (Fsp3) is 0.250. The predicted molar refractivity (Wildman–Crippen MR) is 98.4 cm³/mol. The lowest BCUT2D eigenvalue weighted by Gasteiger charge is -2.18. The first-order chi connectivity index (χ1) is 12.5. The highest BCUT2D eigenvalue weighted by molar-refractivity contribution is 6.01. The Kier molecular flexibility index (Phi) is 5.02. The number of amides is 3. The van der Waals surface area contributed by atoms with Crippen LogP contribution in [0.4, 0.5) is 5.69 Å². The van der Waals surface area contributed by atoms with E-state index in [4.69, 9.17) is 0 Å². The molecule has 1 saturated heterocycles. The SMILES string of the molecule is Cc1ccc(N2C[C@H](C(=O)NNC(=O)c3ccccc3)CC2=O)cc1C. The Labute approximate surface area is 152 Å². The minimum absolute atomic E-state index is 0.0946. The van der Waals surface area contributed by atoms with Crippen LogP contribution in [0.15, 0.2) is 48.5 Å². The van der Waals surface area contributed by atoms with E-state index in [0.717, 1.165) is 16.8 Å². The molecule has 3 amide bonds. The molecule has 6 heteroatoms. The monoisotopic (exact) mass is 351 g/mol.